The maximum absolute atomic E-state index is 3.81. The molecule has 0 saturated heterocycles. The average molecular weight is 465 g/mol. The van der Waals surface area contributed by atoms with Crippen molar-refractivity contribution in [2.75, 3.05) is 13.1 Å². The third-order valence-corrected chi connectivity index (χ3v) is 7.38. The summed E-state index contributed by atoms with van der Waals surface area (Å²) in [7, 11) is 0. The van der Waals surface area contributed by atoms with Gasteiger partial charge in [-0.15, -0.1) is 0 Å². The predicted molar refractivity (Wildman–Crippen MR) is 153 cm³/mol. The van der Waals surface area contributed by atoms with E-state index in [-0.39, 0.29) is 0 Å². The second-order valence-electron chi connectivity index (χ2n) is 10.8. The number of nitrogens with one attached hydrogen (secondary N) is 1. The van der Waals surface area contributed by atoms with E-state index in [0.717, 1.165) is 13.1 Å². The van der Waals surface area contributed by atoms with Gasteiger partial charge in [0.25, 0.3) is 0 Å². The van der Waals surface area contributed by atoms with Gasteiger partial charge in [-0.3, -0.25) is 0 Å². The maximum Gasteiger partial charge on any atom is -0.00484 e. The summed E-state index contributed by atoms with van der Waals surface area (Å²) < 4.78 is 0. The normalized spacial score (nSPS) is 11.5. The molecule has 0 bridgehead atoms. The van der Waals surface area contributed by atoms with Crippen molar-refractivity contribution in [1.29, 1.82) is 0 Å². The Morgan fingerprint density at radius 1 is 0.333 bits per heavy atom. The molecular weight excluding hydrogens is 398 g/mol. The first-order valence-electron chi connectivity index (χ1n) is 15.9. The van der Waals surface area contributed by atoms with E-state index in [1.165, 1.54) is 180 Å². The largest absolute Gasteiger partial charge is 0.317 e. The molecule has 1 radical (unpaired) electrons. The lowest BCUT2D eigenvalue weighted by Gasteiger charge is -2.04. The summed E-state index contributed by atoms with van der Waals surface area (Å²) in [4.78, 5) is 0. The van der Waals surface area contributed by atoms with Crippen LogP contribution in [0.5, 0.6) is 0 Å². The van der Waals surface area contributed by atoms with Gasteiger partial charge in [-0.05, 0) is 26.4 Å². The van der Waals surface area contributed by atoms with Crippen LogP contribution in [0.3, 0.4) is 0 Å². The molecule has 0 unspecified atom stereocenters. The second-order valence-corrected chi connectivity index (χ2v) is 10.8. The fourth-order valence-electron chi connectivity index (χ4n) is 5.04. The average Bonchev–Trinajstić information content (AvgIpc) is 2.83. The summed E-state index contributed by atoms with van der Waals surface area (Å²) in [6.45, 7) is 8.15. The minimum atomic E-state index is 0.875. The molecule has 33 heavy (non-hydrogen) atoms. The lowest BCUT2D eigenvalue weighted by Crippen LogP contribution is -2.13. The third kappa shape index (κ3) is 32.0. The van der Waals surface area contributed by atoms with Gasteiger partial charge in [-0.1, -0.05) is 180 Å². The molecule has 0 aromatic rings. The molecule has 0 amide bonds. The first-order valence-corrected chi connectivity index (χ1v) is 15.9. The molecule has 0 aliphatic carbocycles. The summed E-state index contributed by atoms with van der Waals surface area (Å²) in [6, 6.07) is 0. The molecule has 1 heteroatoms. The van der Waals surface area contributed by atoms with Gasteiger partial charge in [-0.25, -0.2) is 0 Å². The third-order valence-electron chi connectivity index (χ3n) is 7.38. The van der Waals surface area contributed by atoms with Crippen LogP contribution in [-0.4, -0.2) is 13.1 Å². The van der Waals surface area contributed by atoms with Crippen molar-refractivity contribution in [1.82, 2.24) is 5.32 Å². The van der Waals surface area contributed by atoms with E-state index in [1.54, 1.807) is 0 Å². The van der Waals surface area contributed by atoms with Crippen LogP contribution in [0.1, 0.15) is 187 Å². The smallest absolute Gasteiger partial charge is 0.00484 e. The Hall–Kier alpha value is -0.0400. The molecule has 0 fully saturated rings. The standard InChI is InChI=1S/C32H66N/c1-3-5-6-7-8-9-10-11-12-13-14-15-16-17-18-19-20-21-22-23-24-25-26-27-28-29-30-31-32-33-4-2/h33H,2-32H2,1H3. The fraction of sp³-hybridized carbons (Fsp3) is 0.969. The van der Waals surface area contributed by atoms with Crippen LogP contribution in [0.25, 0.3) is 0 Å². The van der Waals surface area contributed by atoms with E-state index in [1.807, 2.05) is 0 Å². The minimum absolute atomic E-state index is 0.875. The lowest BCUT2D eigenvalue weighted by molar-refractivity contribution is 0.513. The molecule has 199 valence electrons. The zero-order valence-electron chi connectivity index (χ0n) is 23.4. The molecule has 0 aromatic heterocycles. The van der Waals surface area contributed by atoms with Crippen molar-refractivity contribution in [3.05, 3.63) is 6.92 Å². The van der Waals surface area contributed by atoms with Crippen molar-refractivity contribution in [3.63, 3.8) is 0 Å². The van der Waals surface area contributed by atoms with Crippen molar-refractivity contribution in [2.45, 2.75) is 187 Å². The zero-order chi connectivity index (χ0) is 23.9. The first-order chi connectivity index (χ1) is 16.4. The predicted octanol–water partition coefficient (Wildman–Crippen LogP) is 11.4. The van der Waals surface area contributed by atoms with Gasteiger partial charge < -0.3 is 5.32 Å². The lowest BCUT2D eigenvalue weighted by atomic mass is 10.0. The van der Waals surface area contributed by atoms with Crippen molar-refractivity contribution < 1.29 is 0 Å². The van der Waals surface area contributed by atoms with Crippen molar-refractivity contribution in [3.8, 4) is 0 Å². The Morgan fingerprint density at radius 2 is 0.545 bits per heavy atom. The Balaban J connectivity index is 2.99. The molecule has 1 N–H and O–H groups in total. The Labute approximate surface area is 212 Å². The topological polar surface area (TPSA) is 12.0 Å². The first kappa shape index (κ1) is 33.0. The van der Waals surface area contributed by atoms with Crippen molar-refractivity contribution >= 4 is 0 Å². The van der Waals surface area contributed by atoms with Crippen LogP contribution in [0.4, 0.5) is 0 Å². The number of rotatable bonds is 30. The maximum atomic E-state index is 3.81. The van der Waals surface area contributed by atoms with Gasteiger partial charge in [0, 0.05) is 0 Å². The highest BCUT2D eigenvalue weighted by atomic mass is 14.8. The van der Waals surface area contributed by atoms with E-state index < -0.39 is 0 Å². The molecule has 0 aromatic carbocycles. The summed E-state index contributed by atoms with van der Waals surface area (Å²) in [5, 5.41) is 3.31. The summed E-state index contributed by atoms with van der Waals surface area (Å²) in [5.74, 6) is 0. The molecule has 0 atom stereocenters. The Kier molecular flexibility index (Phi) is 31.9. The summed E-state index contributed by atoms with van der Waals surface area (Å²) in [5.41, 5.74) is 0. The van der Waals surface area contributed by atoms with Crippen LogP contribution >= 0.6 is 0 Å². The van der Waals surface area contributed by atoms with Crippen LogP contribution in [0, 0.1) is 6.92 Å². The molecule has 0 aliphatic rings. The summed E-state index contributed by atoms with van der Waals surface area (Å²) >= 11 is 0. The second kappa shape index (κ2) is 32.0. The van der Waals surface area contributed by atoms with Gasteiger partial charge in [0.05, 0.1) is 0 Å². The van der Waals surface area contributed by atoms with Gasteiger partial charge >= 0.3 is 0 Å². The molecule has 0 aliphatic heterocycles. The fourth-order valence-corrected chi connectivity index (χ4v) is 5.04. The molecule has 0 saturated carbocycles. The van der Waals surface area contributed by atoms with Gasteiger partial charge in [0.1, 0.15) is 0 Å². The van der Waals surface area contributed by atoms with E-state index >= 15 is 0 Å². The van der Waals surface area contributed by atoms with E-state index in [0.29, 0.717) is 0 Å². The highest BCUT2D eigenvalue weighted by Gasteiger charge is 1.96. The van der Waals surface area contributed by atoms with E-state index in [4.69, 9.17) is 0 Å². The van der Waals surface area contributed by atoms with Gasteiger partial charge in [0.2, 0.25) is 0 Å². The van der Waals surface area contributed by atoms with Crippen LogP contribution < -0.4 is 5.32 Å². The highest BCUT2D eigenvalue weighted by Crippen LogP contribution is 2.16. The molecule has 0 heterocycles. The van der Waals surface area contributed by atoms with E-state index in [9.17, 15) is 0 Å². The number of unbranched alkanes of at least 4 members (excludes halogenated alkanes) is 27. The molecular formula is C32H66N. The van der Waals surface area contributed by atoms with Gasteiger partial charge in [-0.2, -0.15) is 0 Å². The Morgan fingerprint density at radius 3 is 0.758 bits per heavy atom. The Bertz CT molecular complexity index is 284. The monoisotopic (exact) mass is 465 g/mol. The minimum Gasteiger partial charge on any atom is -0.317 e. The van der Waals surface area contributed by atoms with Crippen LogP contribution in [0.15, 0.2) is 0 Å². The molecule has 0 spiro atoms. The van der Waals surface area contributed by atoms with E-state index in [2.05, 4.69) is 19.2 Å². The van der Waals surface area contributed by atoms with Crippen molar-refractivity contribution in [2.24, 2.45) is 0 Å². The van der Waals surface area contributed by atoms with Crippen LogP contribution in [0.2, 0.25) is 0 Å². The SMILES string of the molecule is [CH2]CNCCCCCCCCCCCCCCCCCCCCCCCCCCCCCC. The highest BCUT2D eigenvalue weighted by molar-refractivity contribution is 4.53. The quantitative estimate of drug-likeness (QED) is 0.104. The number of hydrogen-bond acceptors (Lipinski definition) is 1. The molecule has 1 nitrogen and oxygen atoms in total. The zero-order valence-corrected chi connectivity index (χ0v) is 23.4. The molecule has 0 rings (SSSR count). The van der Waals surface area contributed by atoms with Gasteiger partial charge in [0.15, 0.2) is 0 Å². The van der Waals surface area contributed by atoms with Crippen LogP contribution in [-0.2, 0) is 0 Å². The number of hydrogen-bond donors (Lipinski definition) is 1. The summed E-state index contributed by atoms with van der Waals surface area (Å²) in [6.07, 6.45) is 41.0.